The number of rotatable bonds is 5. The molecule has 150 valence electrons. The van der Waals surface area contributed by atoms with Crippen LogP contribution in [0.3, 0.4) is 0 Å². The van der Waals surface area contributed by atoms with Crippen LogP contribution in [0, 0.1) is 17.8 Å². The molecule has 1 fully saturated rings. The van der Waals surface area contributed by atoms with Crippen molar-refractivity contribution in [2.75, 3.05) is 5.32 Å². The second kappa shape index (κ2) is 6.52. The molecule has 0 saturated heterocycles. The summed E-state index contributed by atoms with van der Waals surface area (Å²) in [4.78, 5) is 29.4. The van der Waals surface area contributed by atoms with Gasteiger partial charge in [-0.3, -0.25) is 9.79 Å². The minimum atomic E-state index is -0.251. The SMILES string of the molecule is NC(=O)[C@@H]1[C@H](Nc2nc(Cc3ccc4[nH]ccc4c3)nc3c2N=CC3)[C@H]2C=C[C@@H]1C2. The lowest BCUT2D eigenvalue weighted by atomic mass is 9.88. The maximum absolute atomic E-state index is 12.1. The van der Waals surface area contributed by atoms with Crippen LogP contribution in [0.25, 0.3) is 10.9 Å². The molecular weight excluding hydrogens is 376 g/mol. The first kappa shape index (κ1) is 17.4. The Morgan fingerprint density at radius 3 is 3.00 bits per heavy atom. The highest BCUT2D eigenvalue weighted by Gasteiger charge is 2.47. The summed E-state index contributed by atoms with van der Waals surface area (Å²) in [5.41, 5.74) is 9.72. The number of nitrogens with two attached hydrogens (primary N) is 1. The van der Waals surface area contributed by atoms with E-state index in [4.69, 9.17) is 15.7 Å². The summed E-state index contributed by atoms with van der Waals surface area (Å²) in [6, 6.07) is 8.37. The summed E-state index contributed by atoms with van der Waals surface area (Å²) >= 11 is 0. The van der Waals surface area contributed by atoms with Gasteiger partial charge in [-0.05, 0) is 47.4 Å². The summed E-state index contributed by atoms with van der Waals surface area (Å²) in [5.74, 6) is 1.52. The van der Waals surface area contributed by atoms with Gasteiger partial charge in [-0.25, -0.2) is 9.97 Å². The number of amides is 1. The Labute approximate surface area is 173 Å². The fraction of sp³-hybridized carbons (Fsp3) is 0.304. The van der Waals surface area contributed by atoms with Crippen LogP contribution in [-0.2, 0) is 17.6 Å². The monoisotopic (exact) mass is 398 g/mol. The number of hydrogen-bond acceptors (Lipinski definition) is 5. The van der Waals surface area contributed by atoms with Crippen LogP contribution in [0.5, 0.6) is 0 Å². The molecule has 1 aromatic carbocycles. The van der Waals surface area contributed by atoms with Crippen molar-refractivity contribution in [3.05, 3.63) is 59.7 Å². The predicted molar refractivity (Wildman–Crippen MR) is 116 cm³/mol. The molecule has 30 heavy (non-hydrogen) atoms. The molecule has 3 aromatic rings. The Morgan fingerprint density at radius 2 is 2.10 bits per heavy atom. The van der Waals surface area contributed by atoms with E-state index in [1.807, 2.05) is 12.4 Å². The summed E-state index contributed by atoms with van der Waals surface area (Å²) < 4.78 is 0. The summed E-state index contributed by atoms with van der Waals surface area (Å²) in [6.45, 7) is 0. The molecule has 1 saturated carbocycles. The van der Waals surface area contributed by atoms with Gasteiger partial charge in [0, 0.05) is 36.8 Å². The molecule has 0 radical (unpaired) electrons. The third-order valence-electron chi connectivity index (χ3n) is 6.58. The van der Waals surface area contributed by atoms with E-state index in [1.165, 1.54) is 5.39 Å². The smallest absolute Gasteiger partial charge is 0.223 e. The first-order chi connectivity index (χ1) is 14.7. The van der Waals surface area contributed by atoms with E-state index < -0.39 is 0 Å². The van der Waals surface area contributed by atoms with Gasteiger partial charge in [0.25, 0.3) is 0 Å². The quantitative estimate of drug-likeness (QED) is 0.574. The molecule has 1 aliphatic heterocycles. The molecule has 4 atom stereocenters. The zero-order chi connectivity index (χ0) is 20.2. The number of aliphatic imine (C=N–C) groups is 1. The fourth-order valence-electron chi connectivity index (χ4n) is 5.19. The van der Waals surface area contributed by atoms with Crippen molar-refractivity contribution in [3.63, 3.8) is 0 Å². The van der Waals surface area contributed by atoms with E-state index in [-0.39, 0.29) is 23.8 Å². The molecule has 2 aliphatic carbocycles. The van der Waals surface area contributed by atoms with Gasteiger partial charge in [-0.1, -0.05) is 18.2 Å². The number of anilines is 1. The lowest BCUT2D eigenvalue weighted by Gasteiger charge is -2.27. The van der Waals surface area contributed by atoms with Crippen molar-refractivity contribution in [3.8, 4) is 0 Å². The van der Waals surface area contributed by atoms with E-state index in [1.54, 1.807) is 0 Å². The molecule has 3 aliphatic rings. The van der Waals surface area contributed by atoms with Gasteiger partial charge >= 0.3 is 0 Å². The van der Waals surface area contributed by atoms with Crippen molar-refractivity contribution < 1.29 is 4.79 Å². The van der Waals surface area contributed by atoms with Gasteiger partial charge in [-0.15, -0.1) is 0 Å². The Kier molecular flexibility index (Phi) is 3.78. The summed E-state index contributed by atoms with van der Waals surface area (Å²) in [5, 5.41) is 4.71. The summed E-state index contributed by atoms with van der Waals surface area (Å²) in [7, 11) is 0. The van der Waals surface area contributed by atoms with Crippen LogP contribution < -0.4 is 11.1 Å². The standard InChI is InChI=1S/C23H22N6O/c24-22(30)19-14-2-3-15(11-14)20(19)29-23-21-17(6-8-26-21)27-18(28-23)10-12-1-4-16-13(9-12)5-7-25-16/h1-5,7-9,14-15,19-20,25H,6,10-11H2,(H2,24,30)(H,27,28,29)/t14-,15+,19+,20-/m1/s1. The summed E-state index contributed by atoms with van der Waals surface area (Å²) in [6.07, 6.45) is 10.4. The van der Waals surface area contributed by atoms with Crippen molar-refractivity contribution in [2.24, 2.45) is 28.5 Å². The molecule has 1 amide bonds. The third-order valence-corrected chi connectivity index (χ3v) is 6.58. The number of fused-ring (bicyclic) bond motifs is 4. The number of aromatic amines is 1. The van der Waals surface area contributed by atoms with Crippen molar-refractivity contribution in [1.82, 2.24) is 15.0 Å². The molecule has 7 heteroatoms. The highest BCUT2D eigenvalue weighted by molar-refractivity contribution is 5.83. The molecular formula is C23H22N6O. The van der Waals surface area contributed by atoms with Crippen molar-refractivity contribution >= 4 is 34.5 Å². The number of hydrogen-bond donors (Lipinski definition) is 3. The molecule has 7 nitrogen and oxygen atoms in total. The van der Waals surface area contributed by atoms with Crippen LogP contribution in [0.1, 0.15) is 23.5 Å². The average Bonchev–Trinajstić information content (AvgIpc) is 3.50. The zero-order valence-electron chi connectivity index (χ0n) is 16.4. The molecule has 4 N–H and O–H groups in total. The van der Waals surface area contributed by atoms with Crippen LogP contribution in [0.2, 0.25) is 0 Å². The lowest BCUT2D eigenvalue weighted by Crippen LogP contribution is -2.41. The number of nitrogens with zero attached hydrogens (tertiary/aromatic N) is 3. The number of nitrogens with one attached hydrogen (secondary N) is 2. The molecule has 6 rings (SSSR count). The molecule has 3 heterocycles. The largest absolute Gasteiger partial charge is 0.369 e. The minimum absolute atomic E-state index is 0.0450. The average molecular weight is 398 g/mol. The van der Waals surface area contributed by atoms with Gasteiger partial charge in [0.1, 0.15) is 11.5 Å². The number of carbonyl (C=O) groups is 1. The second-order valence-electron chi connectivity index (χ2n) is 8.42. The van der Waals surface area contributed by atoms with Gasteiger partial charge < -0.3 is 16.0 Å². The number of primary amides is 1. The highest BCUT2D eigenvalue weighted by Crippen LogP contribution is 2.45. The number of carbonyl (C=O) groups excluding carboxylic acids is 1. The van der Waals surface area contributed by atoms with Crippen LogP contribution in [0.15, 0.2) is 47.6 Å². The topological polar surface area (TPSA) is 109 Å². The van der Waals surface area contributed by atoms with Gasteiger partial charge in [-0.2, -0.15) is 0 Å². The zero-order valence-corrected chi connectivity index (χ0v) is 16.4. The van der Waals surface area contributed by atoms with E-state index in [2.05, 4.69) is 51.7 Å². The van der Waals surface area contributed by atoms with Crippen molar-refractivity contribution in [2.45, 2.75) is 25.3 Å². The Balaban J connectivity index is 1.33. The minimum Gasteiger partial charge on any atom is -0.369 e. The predicted octanol–water partition coefficient (Wildman–Crippen LogP) is 2.90. The van der Waals surface area contributed by atoms with Crippen LogP contribution in [-0.4, -0.2) is 33.1 Å². The second-order valence-corrected chi connectivity index (χ2v) is 8.42. The lowest BCUT2D eigenvalue weighted by molar-refractivity contribution is -0.122. The van der Waals surface area contributed by atoms with E-state index >= 15 is 0 Å². The van der Waals surface area contributed by atoms with Crippen LogP contribution in [0.4, 0.5) is 11.5 Å². The molecule has 0 unspecified atom stereocenters. The van der Waals surface area contributed by atoms with Gasteiger partial charge in [0.05, 0.1) is 11.6 Å². The fourth-order valence-corrected chi connectivity index (χ4v) is 5.19. The number of benzene rings is 1. The third kappa shape index (κ3) is 2.73. The van der Waals surface area contributed by atoms with E-state index in [0.29, 0.717) is 24.6 Å². The first-order valence-corrected chi connectivity index (χ1v) is 10.4. The Hall–Kier alpha value is -3.48. The van der Waals surface area contributed by atoms with Crippen LogP contribution >= 0.6 is 0 Å². The molecule has 2 bridgehead atoms. The van der Waals surface area contributed by atoms with E-state index in [9.17, 15) is 4.79 Å². The first-order valence-electron chi connectivity index (χ1n) is 10.4. The molecule has 0 spiro atoms. The number of aromatic nitrogens is 3. The van der Waals surface area contributed by atoms with Gasteiger partial charge in [0.2, 0.25) is 5.91 Å². The highest BCUT2D eigenvalue weighted by atomic mass is 16.1. The maximum Gasteiger partial charge on any atom is 0.223 e. The van der Waals surface area contributed by atoms with Crippen molar-refractivity contribution in [1.29, 1.82) is 0 Å². The number of H-pyrrole nitrogens is 1. The molecule has 2 aromatic heterocycles. The van der Waals surface area contributed by atoms with E-state index in [0.717, 1.165) is 34.7 Å². The maximum atomic E-state index is 12.1. The Morgan fingerprint density at radius 1 is 1.20 bits per heavy atom. The normalized spacial score (nSPS) is 25.9. The van der Waals surface area contributed by atoms with Gasteiger partial charge in [0.15, 0.2) is 5.82 Å². The number of allylic oxidation sites excluding steroid dienone is 1. The Bertz CT molecular complexity index is 1230.